The number of aliphatic carboxylic acids is 1. The van der Waals surface area contributed by atoms with Crippen molar-refractivity contribution in [3.63, 3.8) is 0 Å². The van der Waals surface area contributed by atoms with Gasteiger partial charge in [-0.1, -0.05) is 11.6 Å². The molecule has 0 saturated heterocycles. The fraction of sp³-hybridized carbons (Fsp3) is 0.100. The second kappa shape index (κ2) is 4.70. The minimum absolute atomic E-state index is 0.144. The summed E-state index contributed by atoms with van der Waals surface area (Å²) in [5, 5.41) is 8.77. The summed E-state index contributed by atoms with van der Waals surface area (Å²) in [6.07, 6.45) is -0.790. The zero-order chi connectivity index (χ0) is 11.4. The summed E-state index contributed by atoms with van der Waals surface area (Å²) in [5.41, 5.74) is 0.144. The first-order chi connectivity index (χ1) is 7.00. The van der Waals surface area contributed by atoms with E-state index in [9.17, 15) is 14.4 Å². The molecule has 78 valence electrons. The van der Waals surface area contributed by atoms with Crippen LogP contribution in [0.15, 0.2) is 24.3 Å². The van der Waals surface area contributed by atoms with Crippen LogP contribution < -0.4 is 0 Å². The zero-order valence-corrected chi connectivity index (χ0v) is 8.32. The van der Waals surface area contributed by atoms with Gasteiger partial charge in [-0.3, -0.25) is 14.4 Å². The molecule has 0 unspecified atom stereocenters. The van der Waals surface area contributed by atoms with E-state index in [4.69, 9.17) is 16.7 Å². The Morgan fingerprint density at radius 1 is 1.13 bits per heavy atom. The summed E-state index contributed by atoms with van der Waals surface area (Å²) in [6.45, 7) is 0. The number of ketones is 2. The van der Waals surface area contributed by atoms with Gasteiger partial charge in [-0.05, 0) is 24.3 Å². The van der Waals surface area contributed by atoms with Gasteiger partial charge in [-0.25, -0.2) is 0 Å². The van der Waals surface area contributed by atoms with E-state index in [2.05, 4.69) is 0 Å². The molecule has 1 N–H and O–H groups in total. The van der Waals surface area contributed by atoms with E-state index >= 15 is 0 Å². The molecule has 0 atom stereocenters. The molecule has 0 radical (unpaired) electrons. The topological polar surface area (TPSA) is 71.4 Å². The van der Waals surface area contributed by atoms with Crippen LogP contribution >= 0.6 is 11.6 Å². The van der Waals surface area contributed by atoms with Crippen molar-refractivity contribution in [1.82, 2.24) is 0 Å². The molecule has 5 heteroatoms. The van der Waals surface area contributed by atoms with Gasteiger partial charge < -0.3 is 5.11 Å². The number of Topliss-reactive ketones (excluding diaryl/α,β-unsaturated/α-hetero) is 2. The highest BCUT2D eigenvalue weighted by atomic mass is 35.5. The lowest BCUT2D eigenvalue weighted by molar-refractivity contribution is -0.139. The Hall–Kier alpha value is -1.68. The standard InChI is InChI=1S/C10H7ClO4/c11-7-3-1-6(2-4-7)10(15)8(12)5-9(13)14/h1-4H,5H2,(H,13,14). The Labute approximate surface area is 90.5 Å². The van der Waals surface area contributed by atoms with Crippen molar-refractivity contribution in [2.75, 3.05) is 0 Å². The number of hydrogen-bond acceptors (Lipinski definition) is 3. The number of benzene rings is 1. The highest BCUT2D eigenvalue weighted by Gasteiger charge is 2.18. The molecular formula is C10H7ClO4. The third-order valence-corrected chi connectivity index (χ3v) is 1.92. The number of hydrogen-bond donors (Lipinski definition) is 1. The van der Waals surface area contributed by atoms with Crippen LogP contribution in [0, 0.1) is 0 Å². The maximum Gasteiger partial charge on any atom is 0.311 e. The Kier molecular flexibility index (Phi) is 3.57. The van der Waals surface area contributed by atoms with Crippen molar-refractivity contribution >= 4 is 29.1 Å². The lowest BCUT2D eigenvalue weighted by Crippen LogP contribution is -2.17. The number of carbonyl (C=O) groups is 3. The molecule has 0 spiro atoms. The van der Waals surface area contributed by atoms with Gasteiger partial charge in [-0.15, -0.1) is 0 Å². The first kappa shape index (κ1) is 11.4. The first-order valence-electron chi connectivity index (χ1n) is 4.05. The predicted molar refractivity (Wildman–Crippen MR) is 53.0 cm³/mol. The lowest BCUT2D eigenvalue weighted by Gasteiger charge is -1.98. The van der Waals surface area contributed by atoms with Gasteiger partial charge in [-0.2, -0.15) is 0 Å². The molecule has 1 aromatic rings. The molecule has 0 bridgehead atoms. The summed E-state index contributed by atoms with van der Waals surface area (Å²) in [5.74, 6) is -3.07. The Morgan fingerprint density at radius 3 is 2.13 bits per heavy atom. The Morgan fingerprint density at radius 2 is 1.67 bits per heavy atom. The maximum absolute atomic E-state index is 11.3. The van der Waals surface area contributed by atoms with Crippen LogP contribution in [0.5, 0.6) is 0 Å². The monoisotopic (exact) mass is 226 g/mol. The van der Waals surface area contributed by atoms with Crippen LogP contribution in [0.3, 0.4) is 0 Å². The smallest absolute Gasteiger partial charge is 0.311 e. The minimum Gasteiger partial charge on any atom is -0.481 e. The fourth-order valence-electron chi connectivity index (χ4n) is 0.980. The van der Waals surface area contributed by atoms with Crippen molar-refractivity contribution in [3.8, 4) is 0 Å². The van der Waals surface area contributed by atoms with E-state index in [1.165, 1.54) is 24.3 Å². The normalized spacial score (nSPS) is 9.67. The van der Waals surface area contributed by atoms with E-state index in [1.54, 1.807) is 0 Å². The van der Waals surface area contributed by atoms with Crippen molar-refractivity contribution in [1.29, 1.82) is 0 Å². The highest BCUT2D eigenvalue weighted by molar-refractivity contribution is 6.45. The molecule has 0 amide bonds. The predicted octanol–water partition coefficient (Wildman–Crippen LogP) is 1.57. The zero-order valence-electron chi connectivity index (χ0n) is 7.57. The molecule has 0 aliphatic carbocycles. The van der Waals surface area contributed by atoms with Crippen molar-refractivity contribution in [2.45, 2.75) is 6.42 Å². The summed E-state index contributed by atoms with van der Waals surface area (Å²) >= 11 is 5.59. The Balaban J connectivity index is 2.81. The summed E-state index contributed by atoms with van der Waals surface area (Å²) in [6, 6.07) is 5.68. The Bertz CT molecular complexity index is 408. The molecule has 1 aromatic carbocycles. The number of carbonyl (C=O) groups excluding carboxylic acids is 2. The second-order valence-corrected chi connectivity index (χ2v) is 3.27. The third-order valence-electron chi connectivity index (χ3n) is 1.67. The quantitative estimate of drug-likeness (QED) is 0.481. The molecular weight excluding hydrogens is 220 g/mol. The first-order valence-corrected chi connectivity index (χ1v) is 4.43. The summed E-state index contributed by atoms with van der Waals surface area (Å²) in [4.78, 5) is 32.6. The average molecular weight is 227 g/mol. The molecule has 0 aromatic heterocycles. The largest absolute Gasteiger partial charge is 0.481 e. The van der Waals surface area contributed by atoms with Crippen molar-refractivity contribution in [2.24, 2.45) is 0 Å². The molecule has 0 fully saturated rings. The number of rotatable bonds is 4. The molecule has 0 heterocycles. The molecule has 15 heavy (non-hydrogen) atoms. The molecule has 4 nitrogen and oxygen atoms in total. The van der Waals surface area contributed by atoms with Gasteiger partial charge in [0.2, 0.25) is 11.6 Å². The number of carboxylic acid groups (broad SMARTS) is 1. The summed E-state index contributed by atoms with van der Waals surface area (Å²) < 4.78 is 0. The van der Waals surface area contributed by atoms with Crippen LogP contribution in [-0.4, -0.2) is 22.6 Å². The fourth-order valence-corrected chi connectivity index (χ4v) is 1.11. The van der Waals surface area contributed by atoms with Gasteiger partial charge in [0.05, 0.1) is 0 Å². The van der Waals surface area contributed by atoms with E-state index in [0.717, 1.165) is 0 Å². The van der Waals surface area contributed by atoms with Crippen LogP contribution in [0.1, 0.15) is 16.8 Å². The second-order valence-electron chi connectivity index (χ2n) is 2.83. The SMILES string of the molecule is O=C(O)CC(=O)C(=O)c1ccc(Cl)cc1. The van der Waals surface area contributed by atoms with Crippen LogP contribution in [0.25, 0.3) is 0 Å². The van der Waals surface area contributed by atoms with Gasteiger partial charge in [0, 0.05) is 10.6 Å². The van der Waals surface area contributed by atoms with Gasteiger partial charge in [0.1, 0.15) is 6.42 Å². The van der Waals surface area contributed by atoms with E-state index < -0.39 is 24.0 Å². The number of carboxylic acids is 1. The van der Waals surface area contributed by atoms with Gasteiger partial charge in [0.15, 0.2) is 0 Å². The van der Waals surface area contributed by atoms with Crippen LogP contribution in [-0.2, 0) is 9.59 Å². The van der Waals surface area contributed by atoms with E-state index in [0.29, 0.717) is 5.02 Å². The third kappa shape index (κ3) is 3.18. The number of halogens is 1. The van der Waals surface area contributed by atoms with E-state index in [1.807, 2.05) is 0 Å². The van der Waals surface area contributed by atoms with Crippen molar-refractivity contribution in [3.05, 3.63) is 34.9 Å². The maximum atomic E-state index is 11.3. The van der Waals surface area contributed by atoms with Gasteiger partial charge in [0.25, 0.3) is 0 Å². The molecule has 1 rings (SSSR count). The molecule has 0 saturated carbocycles. The molecule has 0 aliphatic heterocycles. The lowest BCUT2D eigenvalue weighted by atomic mass is 10.1. The van der Waals surface area contributed by atoms with Gasteiger partial charge >= 0.3 is 5.97 Å². The minimum atomic E-state index is -1.32. The van der Waals surface area contributed by atoms with Crippen LogP contribution in [0.4, 0.5) is 0 Å². The van der Waals surface area contributed by atoms with Crippen molar-refractivity contribution < 1.29 is 19.5 Å². The highest BCUT2D eigenvalue weighted by Crippen LogP contribution is 2.10. The average Bonchev–Trinajstić information content (AvgIpc) is 2.17. The van der Waals surface area contributed by atoms with E-state index in [-0.39, 0.29) is 5.56 Å². The van der Waals surface area contributed by atoms with Crippen LogP contribution in [0.2, 0.25) is 5.02 Å². The molecule has 0 aliphatic rings. The summed E-state index contributed by atoms with van der Waals surface area (Å²) in [7, 11) is 0.